The number of nitrogens with one attached hydrogen (secondary N) is 1. The molecular formula is C10H15ClN4OS. The molecule has 1 N–H and O–H groups in total. The summed E-state index contributed by atoms with van der Waals surface area (Å²) < 4.78 is 5.21. The normalized spacial score (nSPS) is 19.3. The van der Waals surface area contributed by atoms with Crippen molar-refractivity contribution in [3.8, 4) is 6.01 Å². The van der Waals surface area contributed by atoms with E-state index in [0.717, 1.165) is 6.54 Å². The minimum atomic E-state index is 0.157. The number of rotatable bonds is 5. The van der Waals surface area contributed by atoms with Crippen LogP contribution in [0.5, 0.6) is 6.01 Å². The van der Waals surface area contributed by atoms with Crippen molar-refractivity contribution in [2.45, 2.75) is 25.0 Å². The fourth-order valence-corrected chi connectivity index (χ4v) is 2.97. The van der Waals surface area contributed by atoms with E-state index < -0.39 is 0 Å². The lowest BCUT2D eigenvalue weighted by Gasteiger charge is -2.10. The van der Waals surface area contributed by atoms with Gasteiger partial charge < -0.3 is 10.1 Å². The van der Waals surface area contributed by atoms with Crippen molar-refractivity contribution in [1.82, 2.24) is 15.0 Å². The topological polar surface area (TPSA) is 59.9 Å². The fraction of sp³-hybridized carbons (Fsp3) is 0.700. The van der Waals surface area contributed by atoms with Crippen molar-refractivity contribution in [2.24, 2.45) is 0 Å². The molecule has 2 heterocycles. The first-order valence-electron chi connectivity index (χ1n) is 5.67. The van der Waals surface area contributed by atoms with Gasteiger partial charge in [-0.3, -0.25) is 0 Å². The molecule has 1 fully saturated rings. The summed E-state index contributed by atoms with van der Waals surface area (Å²) in [6.45, 7) is 3.24. The highest BCUT2D eigenvalue weighted by Crippen LogP contribution is 2.26. The highest BCUT2D eigenvalue weighted by molar-refractivity contribution is 8.00. The molecule has 17 heavy (non-hydrogen) atoms. The molecule has 0 aliphatic carbocycles. The Morgan fingerprint density at radius 2 is 2.35 bits per heavy atom. The summed E-state index contributed by atoms with van der Waals surface area (Å²) in [4.78, 5) is 12.0. The van der Waals surface area contributed by atoms with Crippen LogP contribution in [0.15, 0.2) is 0 Å². The number of halogens is 1. The summed E-state index contributed by atoms with van der Waals surface area (Å²) in [5.74, 6) is 1.73. The molecule has 1 atom stereocenters. The highest BCUT2D eigenvalue weighted by Gasteiger charge is 2.16. The molecule has 0 saturated carbocycles. The second kappa shape index (κ2) is 6.26. The van der Waals surface area contributed by atoms with Gasteiger partial charge in [0.2, 0.25) is 11.2 Å². The molecule has 2 rings (SSSR count). The predicted octanol–water partition coefficient (Wildman–Crippen LogP) is 2.23. The van der Waals surface area contributed by atoms with Crippen LogP contribution in [0.3, 0.4) is 0 Å². The van der Waals surface area contributed by atoms with Crippen LogP contribution in [0.1, 0.15) is 19.8 Å². The Morgan fingerprint density at radius 3 is 3.06 bits per heavy atom. The number of ether oxygens (including phenoxy) is 1. The highest BCUT2D eigenvalue weighted by atomic mass is 35.5. The third-order valence-corrected chi connectivity index (χ3v) is 3.94. The van der Waals surface area contributed by atoms with E-state index in [0.29, 0.717) is 17.8 Å². The van der Waals surface area contributed by atoms with E-state index in [4.69, 9.17) is 16.3 Å². The number of hydrogen-bond donors (Lipinski definition) is 1. The molecule has 0 bridgehead atoms. The first-order valence-corrected chi connectivity index (χ1v) is 7.10. The number of hydrogen-bond acceptors (Lipinski definition) is 6. The molecule has 0 amide bonds. The van der Waals surface area contributed by atoms with Crippen LogP contribution >= 0.6 is 23.4 Å². The standard InChI is InChI=1S/C10H15ClN4OS/c1-2-16-10-14-8(11)13-9(15-10)12-6-7-4-3-5-17-7/h7H,2-6H2,1H3,(H,12,13,14,15). The first kappa shape index (κ1) is 12.7. The van der Waals surface area contributed by atoms with Gasteiger partial charge in [0.15, 0.2) is 0 Å². The summed E-state index contributed by atoms with van der Waals surface area (Å²) >= 11 is 7.78. The van der Waals surface area contributed by atoms with Crippen molar-refractivity contribution < 1.29 is 4.74 Å². The van der Waals surface area contributed by atoms with Crippen LogP contribution in [0.2, 0.25) is 5.28 Å². The van der Waals surface area contributed by atoms with E-state index in [1.807, 2.05) is 18.7 Å². The SMILES string of the molecule is CCOc1nc(Cl)nc(NCC2CCCS2)n1. The van der Waals surface area contributed by atoms with E-state index in [1.165, 1.54) is 18.6 Å². The van der Waals surface area contributed by atoms with Crippen LogP contribution < -0.4 is 10.1 Å². The van der Waals surface area contributed by atoms with Crippen LogP contribution in [0.25, 0.3) is 0 Å². The van der Waals surface area contributed by atoms with Crippen LogP contribution in [-0.4, -0.2) is 39.1 Å². The molecule has 1 saturated heterocycles. The average Bonchev–Trinajstić information content (AvgIpc) is 2.79. The molecule has 1 aromatic rings. The van der Waals surface area contributed by atoms with Crippen molar-refractivity contribution in [2.75, 3.05) is 24.2 Å². The number of aromatic nitrogens is 3. The Balaban J connectivity index is 1.94. The maximum absolute atomic E-state index is 5.79. The molecule has 1 unspecified atom stereocenters. The Hall–Kier alpha value is -0.750. The first-order chi connectivity index (χ1) is 8.28. The Labute approximate surface area is 110 Å². The van der Waals surface area contributed by atoms with Gasteiger partial charge in [0.1, 0.15) is 0 Å². The zero-order valence-corrected chi connectivity index (χ0v) is 11.2. The third-order valence-electron chi connectivity index (χ3n) is 2.37. The molecule has 94 valence electrons. The van der Waals surface area contributed by atoms with Crippen LogP contribution in [0.4, 0.5) is 5.95 Å². The van der Waals surface area contributed by atoms with Gasteiger partial charge >= 0.3 is 6.01 Å². The molecule has 1 aliphatic rings. The number of anilines is 1. The maximum Gasteiger partial charge on any atom is 0.322 e. The Morgan fingerprint density at radius 1 is 1.47 bits per heavy atom. The Kier molecular flexibility index (Phi) is 4.67. The second-order valence-corrected chi connectivity index (χ2v) is 5.41. The van der Waals surface area contributed by atoms with Crippen molar-refractivity contribution in [3.05, 3.63) is 5.28 Å². The summed E-state index contributed by atoms with van der Waals surface area (Å²) in [5, 5.41) is 3.98. The van der Waals surface area contributed by atoms with E-state index >= 15 is 0 Å². The van der Waals surface area contributed by atoms with Gasteiger partial charge in [-0.05, 0) is 37.1 Å². The van der Waals surface area contributed by atoms with E-state index in [9.17, 15) is 0 Å². The minimum Gasteiger partial charge on any atom is -0.464 e. The molecule has 1 aliphatic heterocycles. The summed E-state index contributed by atoms with van der Waals surface area (Å²) in [6, 6.07) is 0.272. The molecule has 0 radical (unpaired) electrons. The molecular weight excluding hydrogens is 260 g/mol. The molecule has 0 aromatic carbocycles. The van der Waals surface area contributed by atoms with Crippen molar-refractivity contribution >= 4 is 29.3 Å². The van der Waals surface area contributed by atoms with E-state index in [1.54, 1.807) is 0 Å². The number of nitrogens with zero attached hydrogens (tertiary/aromatic N) is 3. The van der Waals surface area contributed by atoms with Crippen LogP contribution in [-0.2, 0) is 0 Å². The average molecular weight is 275 g/mol. The van der Waals surface area contributed by atoms with Gasteiger partial charge in [0, 0.05) is 11.8 Å². The molecule has 0 spiro atoms. The molecule has 7 heteroatoms. The second-order valence-electron chi connectivity index (χ2n) is 3.66. The van der Waals surface area contributed by atoms with Crippen molar-refractivity contribution in [1.29, 1.82) is 0 Å². The monoisotopic (exact) mass is 274 g/mol. The molecule has 1 aromatic heterocycles. The lowest BCUT2D eigenvalue weighted by atomic mass is 10.2. The lowest BCUT2D eigenvalue weighted by Crippen LogP contribution is -2.16. The fourth-order valence-electron chi connectivity index (χ4n) is 1.62. The zero-order chi connectivity index (χ0) is 12.1. The smallest absolute Gasteiger partial charge is 0.322 e. The predicted molar refractivity (Wildman–Crippen MR) is 70.0 cm³/mol. The summed E-state index contributed by atoms with van der Waals surface area (Å²) in [6.07, 6.45) is 2.54. The van der Waals surface area contributed by atoms with Gasteiger partial charge in [-0.25, -0.2) is 0 Å². The van der Waals surface area contributed by atoms with Gasteiger partial charge in [-0.1, -0.05) is 0 Å². The van der Waals surface area contributed by atoms with Gasteiger partial charge in [0.25, 0.3) is 0 Å². The Bertz CT molecular complexity index is 373. The maximum atomic E-state index is 5.79. The van der Waals surface area contributed by atoms with Crippen molar-refractivity contribution in [3.63, 3.8) is 0 Å². The van der Waals surface area contributed by atoms with E-state index in [-0.39, 0.29) is 11.3 Å². The molecule has 5 nitrogen and oxygen atoms in total. The zero-order valence-electron chi connectivity index (χ0n) is 9.65. The van der Waals surface area contributed by atoms with Crippen LogP contribution in [0, 0.1) is 0 Å². The minimum absolute atomic E-state index is 0.157. The quantitative estimate of drug-likeness (QED) is 0.889. The van der Waals surface area contributed by atoms with Gasteiger partial charge in [0.05, 0.1) is 6.61 Å². The van der Waals surface area contributed by atoms with E-state index in [2.05, 4.69) is 20.3 Å². The number of thioether (sulfide) groups is 1. The van der Waals surface area contributed by atoms with Gasteiger partial charge in [-0.2, -0.15) is 26.7 Å². The van der Waals surface area contributed by atoms with Gasteiger partial charge in [-0.15, -0.1) is 0 Å². The summed E-state index contributed by atoms with van der Waals surface area (Å²) in [7, 11) is 0. The largest absolute Gasteiger partial charge is 0.464 e. The summed E-state index contributed by atoms with van der Waals surface area (Å²) in [5.41, 5.74) is 0. The lowest BCUT2D eigenvalue weighted by molar-refractivity contribution is 0.312. The third kappa shape index (κ3) is 3.89.